The van der Waals surface area contributed by atoms with Crippen molar-refractivity contribution in [1.82, 2.24) is 15.3 Å². The summed E-state index contributed by atoms with van der Waals surface area (Å²) in [7, 11) is 4.01. The van der Waals surface area contributed by atoms with E-state index in [1.54, 1.807) is 12.1 Å². The molecule has 1 fully saturated rings. The number of nitrogens with zero attached hydrogens (tertiary/aromatic N) is 3. The van der Waals surface area contributed by atoms with Crippen LogP contribution >= 0.6 is 11.6 Å². The van der Waals surface area contributed by atoms with E-state index in [4.69, 9.17) is 21.6 Å². The van der Waals surface area contributed by atoms with Crippen LogP contribution in [0.25, 0.3) is 10.9 Å². The Morgan fingerprint density at radius 3 is 2.55 bits per heavy atom. The fourth-order valence-corrected chi connectivity index (χ4v) is 4.49. The molecule has 2 N–H and O–H groups in total. The summed E-state index contributed by atoms with van der Waals surface area (Å²) in [5.41, 5.74) is 1.50. The summed E-state index contributed by atoms with van der Waals surface area (Å²) >= 11 is 6.11. The van der Waals surface area contributed by atoms with E-state index in [0.29, 0.717) is 35.0 Å². The first-order valence-electron chi connectivity index (χ1n) is 10.9. The molecule has 31 heavy (non-hydrogen) atoms. The predicted octanol–water partition coefficient (Wildman–Crippen LogP) is 5.25. The van der Waals surface area contributed by atoms with E-state index < -0.39 is 0 Å². The van der Waals surface area contributed by atoms with Gasteiger partial charge in [-0.15, -0.1) is 0 Å². The van der Waals surface area contributed by atoms with Crippen molar-refractivity contribution in [2.45, 2.75) is 38.3 Å². The highest BCUT2D eigenvalue weighted by molar-refractivity contribution is 6.31. The van der Waals surface area contributed by atoms with Gasteiger partial charge in [-0.2, -0.15) is 4.98 Å². The molecule has 4 rings (SSSR count). The topological polar surface area (TPSA) is 53.1 Å². The normalized spacial score (nSPS) is 18.8. The Morgan fingerprint density at radius 2 is 1.81 bits per heavy atom. The number of hydrogen-bond donors (Lipinski definition) is 2. The van der Waals surface area contributed by atoms with Crippen molar-refractivity contribution in [2.75, 3.05) is 30.9 Å². The van der Waals surface area contributed by atoms with Crippen LogP contribution in [-0.2, 0) is 6.54 Å². The number of benzene rings is 2. The lowest BCUT2D eigenvalue weighted by Crippen LogP contribution is -2.31. The molecular formula is C24H29ClFN5. The van der Waals surface area contributed by atoms with Gasteiger partial charge in [-0.3, -0.25) is 0 Å². The number of halogens is 2. The van der Waals surface area contributed by atoms with Gasteiger partial charge in [-0.25, -0.2) is 9.37 Å². The minimum absolute atomic E-state index is 0.250. The fourth-order valence-electron chi connectivity index (χ4n) is 4.26. The first-order valence-corrected chi connectivity index (χ1v) is 11.2. The highest BCUT2D eigenvalue weighted by atomic mass is 35.5. The van der Waals surface area contributed by atoms with E-state index in [-0.39, 0.29) is 5.82 Å². The van der Waals surface area contributed by atoms with Gasteiger partial charge in [0.2, 0.25) is 5.95 Å². The quantitative estimate of drug-likeness (QED) is 0.524. The standard InChI is InChI=1S/C24H29ClFN5/c1-31(2)23-18-6-3-4-9-22(18)29-24(30-23)28-17-12-10-16(11-13-17)14-27-15-19-20(25)7-5-8-21(19)26/h3-9,16-17,27H,10-15H2,1-2H3,(H,28,29,30)/t16-,17+. The molecule has 0 bridgehead atoms. The molecule has 0 saturated heterocycles. The first-order chi connectivity index (χ1) is 15.0. The second-order valence-electron chi connectivity index (χ2n) is 8.48. The van der Waals surface area contributed by atoms with Gasteiger partial charge >= 0.3 is 0 Å². The summed E-state index contributed by atoms with van der Waals surface area (Å²) in [6.07, 6.45) is 4.37. The Bertz CT molecular complexity index is 1010. The number of hydrogen-bond acceptors (Lipinski definition) is 5. The molecule has 2 aromatic carbocycles. The van der Waals surface area contributed by atoms with Gasteiger partial charge in [0.25, 0.3) is 0 Å². The van der Waals surface area contributed by atoms with Gasteiger partial charge in [-0.1, -0.05) is 29.8 Å². The van der Waals surface area contributed by atoms with Crippen LogP contribution in [0.3, 0.4) is 0 Å². The third kappa shape index (κ3) is 5.25. The van der Waals surface area contributed by atoms with Gasteiger partial charge in [0.05, 0.1) is 5.52 Å². The van der Waals surface area contributed by atoms with E-state index in [1.165, 1.54) is 6.07 Å². The zero-order chi connectivity index (χ0) is 21.8. The zero-order valence-corrected chi connectivity index (χ0v) is 18.8. The molecule has 0 atom stereocenters. The summed E-state index contributed by atoms with van der Waals surface area (Å²) in [4.78, 5) is 11.5. The average molecular weight is 442 g/mol. The SMILES string of the molecule is CN(C)c1nc(N[C@H]2CC[C@@H](CNCc3c(F)cccc3Cl)CC2)nc2ccccc12. The Morgan fingerprint density at radius 1 is 1.03 bits per heavy atom. The number of nitrogens with one attached hydrogen (secondary N) is 2. The van der Waals surface area contributed by atoms with Crippen LogP contribution in [0.5, 0.6) is 0 Å². The predicted molar refractivity (Wildman–Crippen MR) is 126 cm³/mol. The van der Waals surface area contributed by atoms with Crippen LogP contribution in [-0.4, -0.2) is 36.6 Å². The molecule has 1 aliphatic rings. The van der Waals surface area contributed by atoms with E-state index in [9.17, 15) is 4.39 Å². The second-order valence-corrected chi connectivity index (χ2v) is 8.88. The Labute approximate surface area is 188 Å². The van der Waals surface area contributed by atoms with E-state index in [2.05, 4.69) is 16.7 Å². The summed E-state index contributed by atoms with van der Waals surface area (Å²) in [5.74, 6) is 1.95. The van der Waals surface area contributed by atoms with Crippen molar-refractivity contribution in [3.63, 3.8) is 0 Å². The molecule has 1 aromatic heterocycles. The van der Waals surface area contributed by atoms with Crippen LogP contribution < -0.4 is 15.5 Å². The molecule has 5 nitrogen and oxygen atoms in total. The molecular weight excluding hydrogens is 413 g/mol. The summed E-state index contributed by atoms with van der Waals surface area (Å²) < 4.78 is 13.9. The Kier molecular flexibility index (Phi) is 6.88. The fraction of sp³-hybridized carbons (Fsp3) is 0.417. The van der Waals surface area contributed by atoms with E-state index >= 15 is 0 Å². The molecule has 1 saturated carbocycles. The third-order valence-corrected chi connectivity index (χ3v) is 6.34. The lowest BCUT2D eigenvalue weighted by molar-refractivity contribution is 0.323. The van der Waals surface area contributed by atoms with Crippen LogP contribution in [0.1, 0.15) is 31.2 Å². The highest BCUT2D eigenvalue weighted by Crippen LogP contribution is 2.28. The van der Waals surface area contributed by atoms with Crippen LogP contribution in [0.2, 0.25) is 5.02 Å². The van der Waals surface area contributed by atoms with Gasteiger partial charge < -0.3 is 15.5 Å². The lowest BCUT2D eigenvalue weighted by Gasteiger charge is -2.29. The van der Waals surface area contributed by atoms with Crippen molar-refractivity contribution < 1.29 is 4.39 Å². The maximum Gasteiger partial charge on any atom is 0.225 e. The number of aromatic nitrogens is 2. The molecule has 1 heterocycles. The lowest BCUT2D eigenvalue weighted by atomic mass is 9.86. The second kappa shape index (κ2) is 9.79. The van der Waals surface area contributed by atoms with E-state index in [0.717, 1.165) is 48.9 Å². The molecule has 0 radical (unpaired) electrons. The number of anilines is 2. The van der Waals surface area contributed by atoms with Crippen molar-refractivity contribution in [3.05, 3.63) is 58.9 Å². The monoisotopic (exact) mass is 441 g/mol. The number of rotatable bonds is 7. The average Bonchev–Trinajstić information content (AvgIpc) is 2.76. The van der Waals surface area contributed by atoms with Crippen molar-refractivity contribution in [1.29, 1.82) is 0 Å². The van der Waals surface area contributed by atoms with Crippen molar-refractivity contribution >= 4 is 34.3 Å². The minimum atomic E-state index is -0.250. The van der Waals surface area contributed by atoms with Crippen molar-refractivity contribution in [2.24, 2.45) is 5.92 Å². The molecule has 0 spiro atoms. The number of para-hydroxylation sites is 1. The van der Waals surface area contributed by atoms with Gasteiger partial charge in [0.15, 0.2) is 0 Å². The highest BCUT2D eigenvalue weighted by Gasteiger charge is 2.22. The zero-order valence-electron chi connectivity index (χ0n) is 18.0. The third-order valence-electron chi connectivity index (χ3n) is 5.98. The maximum atomic E-state index is 13.9. The number of fused-ring (bicyclic) bond motifs is 1. The van der Waals surface area contributed by atoms with Gasteiger partial charge in [0, 0.05) is 42.7 Å². The largest absolute Gasteiger partial charge is 0.362 e. The van der Waals surface area contributed by atoms with Gasteiger partial charge in [-0.05, 0) is 62.4 Å². The van der Waals surface area contributed by atoms with Crippen molar-refractivity contribution in [3.8, 4) is 0 Å². The Hall–Kier alpha value is -2.44. The Balaban J connectivity index is 1.30. The molecule has 0 amide bonds. The first kappa shape index (κ1) is 21.8. The molecule has 1 aliphatic carbocycles. The molecule has 7 heteroatoms. The molecule has 3 aromatic rings. The van der Waals surface area contributed by atoms with Crippen LogP contribution in [0.4, 0.5) is 16.2 Å². The van der Waals surface area contributed by atoms with Gasteiger partial charge in [0.1, 0.15) is 11.6 Å². The maximum absolute atomic E-state index is 13.9. The van der Waals surface area contributed by atoms with E-state index in [1.807, 2.05) is 37.2 Å². The molecule has 0 aliphatic heterocycles. The molecule has 0 unspecified atom stereocenters. The minimum Gasteiger partial charge on any atom is -0.362 e. The smallest absolute Gasteiger partial charge is 0.225 e. The summed E-state index contributed by atoms with van der Waals surface area (Å²) in [6, 6.07) is 13.3. The van der Waals surface area contributed by atoms with Crippen LogP contribution in [0, 0.1) is 11.7 Å². The molecule has 164 valence electrons. The van der Waals surface area contributed by atoms with Crippen LogP contribution in [0.15, 0.2) is 42.5 Å². The summed E-state index contributed by atoms with van der Waals surface area (Å²) in [6.45, 7) is 1.33. The summed E-state index contributed by atoms with van der Waals surface area (Å²) in [5, 5.41) is 8.47.